The molecule has 2 aromatic rings. The largest absolute Gasteiger partial charge is 0.480 e. The Kier molecular flexibility index (Phi) is 4.44. The maximum absolute atomic E-state index is 11.7. The van der Waals surface area contributed by atoms with Gasteiger partial charge in [-0.25, -0.2) is 4.98 Å². The first kappa shape index (κ1) is 15.0. The highest BCUT2D eigenvalue weighted by molar-refractivity contribution is 7.99. The summed E-state index contributed by atoms with van der Waals surface area (Å²) in [6.45, 7) is 5.51. The standard InChI is InChI=1S/C12H15N3O3S2/c1-6(2)10(11(17)18)19-5-8-14-15-9(16)4-7(3)13-12(15)20-8/h4,6,10H,5H2,1-3H3,(H,17,18). The number of nitrogens with zero attached hydrogens (tertiary/aromatic N) is 3. The Morgan fingerprint density at radius 1 is 1.55 bits per heavy atom. The minimum atomic E-state index is -0.822. The molecule has 2 heterocycles. The minimum Gasteiger partial charge on any atom is -0.480 e. The molecular formula is C12H15N3O3S2. The number of rotatable bonds is 5. The van der Waals surface area contributed by atoms with Crippen LogP contribution in [0.3, 0.4) is 0 Å². The number of hydrogen-bond acceptors (Lipinski definition) is 6. The Morgan fingerprint density at radius 3 is 2.85 bits per heavy atom. The molecule has 1 N–H and O–H groups in total. The van der Waals surface area contributed by atoms with Crippen LogP contribution >= 0.6 is 23.1 Å². The van der Waals surface area contributed by atoms with Gasteiger partial charge in [-0.3, -0.25) is 9.59 Å². The third-order valence-corrected chi connectivity index (χ3v) is 5.29. The number of thioether (sulfide) groups is 1. The number of hydrogen-bond donors (Lipinski definition) is 1. The molecule has 8 heteroatoms. The van der Waals surface area contributed by atoms with Crippen molar-refractivity contribution in [2.75, 3.05) is 0 Å². The van der Waals surface area contributed by atoms with Crippen molar-refractivity contribution in [3.05, 3.63) is 27.1 Å². The third-order valence-electron chi connectivity index (χ3n) is 2.65. The summed E-state index contributed by atoms with van der Waals surface area (Å²) in [5.74, 6) is -0.325. The topological polar surface area (TPSA) is 84.6 Å². The molecular weight excluding hydrogens is 298 g/mol. The summed E-state index contributed by atoms with van der Waals surface area (Å²) in [5, 5.41) is 13.6. The van der Waals surface area contributed by atoms with E-state index >= 15 is 0 Å². The first-order valence-electron chi connectivity index (χ1n) is 6.09. The van der Waals surface area contributed by atoms with E-state index in [4.69, 9.17) is 5.11 Å². The lowest BCUT2D eigenvalue weighted by Crippen LogP contribution is -2.22. The summed E-state index contributed by atoms with van der Waals surface area (Å²) in [4.78, 5) is 27.7. The van der Waals surface area contributed by atoms with E-state index in [-0.39, 0.29) is 11.5 Å². The number of carboxylic acid groups (broad SMARTS) is 1. The maximum Gasteiger partial charge on any atom is 0.316 e. The van der Waals surface area contributed by atoms with E-state index in [0.29, 0.717) is 21.4 Å². The fourth-order valence-corrected chi connectivity index (χ4v) is 3.82. The van der Waals surface area contributed by atoms with Gasteiger partial charge in [-0.2, -0.15) is 9.61 Å². The van der Waals surface area contributed by atoms with Gasteiger partial charge in [0.15, 0.2) is 0 Å². The van der Waals surface area contributed by atoms with Crippen LogP contribution in [0.1, 0.15) is 24.5 Å². The Bertz CT molecular complexity index is 693. The van der Waals surface area contributed by atoms with Crippen LogP contribution in [0, 0.1) is 12.8 Å². The zero-order valence-corrected chi connectivity index (χ0v) is 13.0. The highest BCUT2D eigenvalue weighted by Crippen LogP contribution is 2.25. The predicted octanol–water partition coefficient (Wildman–Crippen LogP) is 1.80. The fraction of sp³-hybridized carbons (Fsp3) is 0.500. The van der Waals surface area contributed by atoms with Crippen LogP contribution in [0.2, 0.25) is 0 Å². The molecule has 20 heavy (non-hydrogen) atoms. The summed E-state index contributed by atoms with van der Waals surface area (Å²) < 4.78 is 1.26. The van der Waals surface area contributed by atoms with Crippen molar-refractivity contribution in [1.29, 1.82) is 0 Å². The molecule has 0 bridgehead atoms. The molecule has 0 radical (unpaired) electrons. The van der Waals surface area contributed by atoms with Crippen LogP contribution in [0.4, 0.5) is 0 Å². The van der Waals surface area contributed by atoms with Gasteiger partial charge in [0, 0.05) is 17.5 Å². The molecule has 0 aromatic carbocycles. The Morgan fingerprint density at radius 2 is 2.25 bits per heavy atom. The summed E-state index contributed by atoms with van der Waals surface area (Å²) in [5.41, 5.74) is 0.446. The van der Waals surface area contributed by atoms with Gasteiger partial charge in [0.05, 0.1) is 0 Å². The molecule has 0 saturated carbocycles. The Balaban J connectivity index is 2.20. The van der Waals surface area contributed by atoms with Crippen molar-refractivity contribution in [2.45, 2.75) is 31.8 Å². The second-order valence-corrected chi connectivity index (χ2v) is 6.91. The summed E-state index contributed by atoms with van der Waals surface area (Å²) >= 11 is 2.64. The van der Waals surface area contributed by atoms with Crippen molar-refractivity contribution < 1.29 is 9.90 Å². The quantitative estimate of drug-likeness (QED) is 0.906. The molecule has 0 aliphatic carbocycles. The first-order chi connectivity index (χ1) is 9.38. The molecule has 1 atom stereocenters. The van der Waals surface area contributed by atoms with Crippen LogP contribution in [0.25, 0.3) is 4.96 Å². The number of carboxylic acids is 1. The van der Waals surface area contributed by atoms with Crippen LogP contribution in [-0.2, 0) is 10.5 Å². The van der Waals surface area contributed by atoms with Gasteiger partial charge < -0.3 is 5.11 Å². The molecule has 0 saturated heterocycles. The van der Waals surface area contributed by atoms with Crippen LogP contribution in [0.5, 0.6) is 0 Å². The zero-order chi connectivity index (χ0) is 14.9. The van der Waals surface area contributed by atoms with Crippen LogP contribution in [-0.4, -0.2) is 30.9 Å². The van der Waals surface area contributed by atoms with E-state index in [2.05, 4.69) is 10.1 Å². The molecule has 0 amide bonds. The van der Waals surface area contributed by atoms with Crippen molar-refractivity contribution in [3.63, 3.8) is 0 Å². The summed E-state index contributed by atoms with van der Waals surface area (Å²) in [7, 11) is 0. The predicted molar refractivity (Wildman–Crippen MR) is 79.4 cm³/mol. The van der Waals surface area contributed by atoms with Crippen molar-refractivity contribution >= 4 is 34.0 Å². The lowest BCUT2D eigenvalue weighted by atomic mass is 10.1. The highest BCUT2D eigenvalue weighted by Gasteiger charge is 2.22. The summed E-state index contributed by atoms with van der Waals surface area (Å²) in [6.07, 6.45) is 0. The van der Waals surface area contributed by atoms with Gasteiger partial charge in [0.25, 0.3) is 5.56 Å². The molecule has 2 rings (SSSR count). The summed E-state index contributed by atoms with van der Waals surface area (Å²) in [6, 6.07) is 1.43. The second-order valence-electron chi connectivity index (χ2n) is 4.74. The van der Waals surface area contributed by atoms with E-state index < -0.39 is 11.2 Å². The van der Waals surface area contributed by atoms with Crippen molar-refractivity contribution in [2.24, 2.45) is 5.92 Å². The van der Waals surface area contributed by atoms with E-state index in [0.717, 1.165) is 0 Å². The number of aromatic nitrogens is 3. The molecule has 0 spiro atoms. The van der Waals surface area contributed by atoms with Crippen LogP contribution < -0.4 is 5.56 Å². The molecule has 0 aliphatic rings. The number of aliphatic carboxylic acids is 1. The van der Waals surface area contributed by atoms with Crippen LogP contribution in [0.15, 0.2) is 10.9 Å². The molecule has 108 valence electrons. The monoisotopic (exact) mass is 313 g/mol. The van der Waals surface area contributed by atoms with E-state index in [1.165, 1.54) is 33.7 Å². The number of carbonyl (C=O) groups is 1. The zero-order valence-electron chi connectivity index (χ0n) is 11.4. The smallest absolute Gasteiger partial charge is 0.316 e. The SMILES string of the molecule is Cc1cc(=O)n2nc(CSC(C(=O)O)C(C)C)sc2n1. The first-order valence-corrected chi connectivity index (χ1v) is 7.96. The lowest BCUT2D eigenvalue weighted by Gasteiger charge is -2.14. The van der Waals surface area contributed by atoms with Gasteiger partial charge in [0.1, 0.15) is 10.3 Å². The van der Waals surface area contributed by atoms with Gasteiger partial charge in [0.2, 0.25) is 4.96 Å². The molecule has 1 unspecified atom stereocenters. The third kappa shape index (κ3) is 3.18. The molecule has 6 nitrogen and oxygen atoms in total. The average molecular weight is 313 g/mol. The highest BCUT2D eigenvalue weighted by atomic mass is 32.2. The molecule has 0 fully saturated rings. The van der Waals surface area contributed by atoms with Gasteiger partial charge in [-0.05, 0) is 12.8 Å². The number of fused-ring (bicyclic) bond motifs is 1. The fourth-order valence-electron chi connectivity index (χ4n) is 1.73. The maximum atomic E-state index is 11.7. The second kappa shape index (κ2) is 5.92. The minimum absolute atomic E-state index is 0.0370. The Hall–Kier alpha value is -1.41. The normalized spacial score (nSPS) is 13.0. The van der Waals surface area contributed by atoms with Gasteiger partial charge in [-0.1, -0.05) is 25.2 Å². The van der Waals surface area contributed by atoms with Crippen molar-refractivity contribution in [3.8, 4) is 0 Å². The van der Waals surface area contributed by atoms with Gasteiger partial charge >= 0.3 is 5.97 Å². The molecule has 2 aromatic heterocycles. The lowest BCUT2D eigenvalue weighted by molar-refractivity contribution is -0.137. The Labute approximate surface area is 123 Å². The van der Waals surface area contributed by atoms with Crippen molar-refractivity contribution in [1.82, 2.24) is 14.6 Å². The van der Waals surface area contributed by atoms with Gasteiger partial charge in [-0.15, -0.1) is 11.8 Å². The van der Waals surface area contributed by atoms with E-state index in [1.807, 2.05) is 13.8 Å². The molecule has 0 aliphatic heterocycles. The number of aryl methyl sites for hydroxylation is 1. The van der Waals surface area contributed by atoms with E-state index in [1.54, 1.807) is 6.92 Å². The van der Waals surface area contributed by atoms with E-state index in [9.17, 15) is 9.59 Å². The average Bonchev–Trinajstić information content (AvgIpc) is 2.71.